The maximum atomic E-state index is 12.8. The normalized spacial score (nSPS) is 12.0. The molecule has 0 amide bonds. The highest BCUT2D eigenvalue weighted by Crippen LogP contribution is 2.35. The van der Waals surface area contributed by atoms with Crippen molar-refractivity contribution in [3.05, 3.63) is 54.1 Å². The smallest absolute Gasteiger partial charge is 0.416 e. The number of oxazole rings is 1. The Morgan fingerprint density at radius 1 is 0.966 bits per heavy atom. The van der Waals surface area contributed by atoms with Crippen LogP contribution in [0, 0.1) is 0 Å². The van der Waals surface area contributed by atoms with Gasteiger partial charge in [0, 0.05) is 17.5 Å². The highest BCUT2D eigenvalue weighted by Gasteiger charge is 2.30. The first-order valence-corrected chi connectivity index (χ1v) is 9.58. The maximum absolute atomic E-state index is 12.8. The van der Waals surface area contributed by atoms with Crippen molar-refractivity contribution in [3.63, 3.8) is 0 Å². The van der Waals surface area contributed by atoms with Gasteiger partial charge in [0.1, 0.15) is 0 Å². The third-order valence-electron chi connectivity index (χ3n) is 4.76. The summed E-state index contributed by atoms with van der Waals surface area (Å²) in [6, 6.07) is 12.4. The van der Waals surface area contributed by atoms with Gasteiger partial charge in [-0.2, -0.15) is 13.2 Å². The molecule has 7 heteroatoms. The van der Waals surface area contributed by atoms with Gasteiger partial charge in [0.25, 0.3) is 0 Å². The van der Waals surface area contributed by atoms with Crippen molar-refractivity contribution in [2.45, 2.75) is 32.4 Å². The third kappa shape index (κ3) is 3.90. The molecule has 0 saturated carbocycles. The van der Waals surface area contributed by atoms with Crippen LogP contribution in [0.2, 0.25) is 0 Å². The summed E-state index contributed by atoms with van der Waals surface area (Å²) in [7, 11) is 0. The Kier molecular flexibility index (Phi) is 5.13. The lowest BCUT2D eigenvalue weighted by Gasteiger charge is -2.07. The highest BCUT2D eigenvalue weighted by molar-refractivity contribution is 6.05. The van der Waals surface area contributed by atoms with Crippen molar-refractivity contribution < 1.29 is 17.6 Å². The Morgan fingerprint density at radius 3 is 2.45 bits per heavy atom. The molecule has 2 aromatic carbocycles. The van der Waals surface area contributed by atoms with E-state index in [4.69, 9.17) is 4.42 Å². The molecule has 2 aromatic heterocycles. The maximum Gasteiger partial charge on any atom is 0.416 e. The Labute approximate surface area is 165 Å². The number of hydrogen-bond donors (Lipinski definition) is 1. The van der Waals surface area contributed by atoms with Crippen LogP contribution >= 0.6 is 0 Å². The largest absolute Gasteiger partial charge is 0.435 e. The van der Waals surface area contributed by atoms with E-state index >= 15 is 0 Å². The molecule has 0 unspecified atom stereocenters. The lowest BCUT2D eigenvalue weighted by molar-refractivity contribution is -0.137. The second-order valence-electron chi connectivity index (χ2n) is 6.88. The number of nitrogens with zero attached hydrogens (tertiary/aromatic N) is 2. The number of benzene rings is 2. The zero-order valence-corrected chi connectivity index (χ0v) is 15.9. The van der Waals surface area contributed by atoms with Crippen LogP contribution < -0.4 is 5.32 Å². The minimum absolute atomic E-state index is 0.267. The van der Waals surface area contributed by atoms with Crippen molar-refractivity contribution >= 4 is 27.8 Å². The molecule has 0 aliphatic carbocycles. The fraction of sp³-hybridized carbons (Fsp3) is 0.273. The van der Waals surface area contributed by atoms with Gasteiger partial charge in [0.2, 0.25) is 5.89 Å². The number of halogens is 3. The lowest BCUT2D eigenvalue weighted by Crippen LogP contribution is -2.04. The first kappa shape index (κ1) is 19.2. The molecule has 0 saturated heterocycles. The van der Waals surface area contributed by atoms with Crippen LogP contribution in [0.25, 0.3) is 33.5 Å². The third-order valence-corrected chi connectivity index (χ3v) is 4.76. The van der Waals surface area contributed by atoms with Crippen LogP contribution in [-0.2, 0) is 6.18 Å². The number of fused-ring (bicyclic) bond motifs is 3. The molecule has 1 N–H and O–H groups in total. The van der Waals surface area contributed by atoms with E-state index in [-0.39, 0.29) is 5.89 Å². The molecule has 4 aromatic rings. The average Bonchev–Trinajstić information content (AvgIpc) is 3.16. The number of nitrogens with one attached hydrogen (secondary N) is 1. The van der Waals surface area contributed by atoms with Crippen molar-refractivity contribution in [1.29, 1.82) is 0 Å². The number of rotatable bonds is 6. The van der Waals surface area contributed by atoms with Crippen molar-refractivity contribution in [1.82, 2.24) is 9.97 Å². The molecule has 0 aliphatic rings. The molecule has 29 heavy (non-hydrogen) atoms. The monoisotopic (exact) mass is 399 g/mol. The van der Waals surface area contributed by atoms with Crippen LogP contribution in [-0.4, -0.2) is 16.5 Å². The minimum atomic E-state index is -4.38. The van der Waals surface area contributed by atoms with E-state index < -0.39 is 11.7 Å². The lowest BCUT2D eigenvalue weighted by atomic mass is 10.1. The summed E-state index contributed by atoms with van der Waals surface area (Å²) in [6.45, 7) is 2.90. The van der Waals surface area contributed by atoms with Crippen molar-refractivity contribution in [2.24, 2.45) is 0 Å². The molecule has 0 spiro atoms. The van der Waals surface area contributed by atoms with Crippen LogP contribution in [0.3, 0.4) is 0 Å². The number of anilines is 1. The van der Waals surface area contributed by atoms with Crippen LogP contribution in [0.1, 0.15) is 31.7 Å². The summed E-state index contributed by atoms with van der Waals surface area (Å²) >= 11 is 0. The molecule has 0 radical (unpaired) electrons. The van der Waals surface area contributed by atoms with Gasteiger partial charge in [-0.15, -0.1) is 0 Å². The molecule has 150 valence electrons. The Hall–Kier alpha value is -3.09. The van der Waals surface area contributed by atoms with Gasteiger partial charge in [-0.05, 0) is 42.8 Å². The molecule has 2 heterocycles. The summed E-state index contributed by atoms with van der Waals surface area (Å²) < 4.78 is 44.5. The van der Waals surface area contributed by atoms with Gasteiger partial charge >= 0.3 is 6.18 Å². The van der Waals surface area contributed by atoms with Crippen LogP contribution in [0.4, 0.5) is 19.0 Å². The zero-order valence-electron chi connectivity index (χ0n) is 15.9. The van der Waals surface area contributed by atoms with Crippen LogP contribution in [0.5, 0.6) is 0 Å². The predicted molar refractivity (Wildman–Crippen MR) is 108 cm³/mol. The first-order chi connectivity index (χ1) is 14.0. The summed E-state index contributed by atoms with van der Waals surface area (Å²) in [5.41, 5.74) is 1.70. The van der Waals surface area contributed by atoms with Gasteiger partial charge in [-0.1, -0.05) is 31.9 Å². The van der Waals surface area contributed by atoms with Crippen molar-refractivity contribution in [3.8, 4) is 11.5 Å². The van der Waals surface area contributed by atoms with Gasteiger partial charge < -0.3 is 9.73 Å². The molecule has 0 aliphatic heterocycles. The molecule has 0 fully saturated rings. The molecule has 0 atom stereocenters. The molecule has 4 nitrogen and oxygen atoms in total. The second kappa shape index (κ2) is 7.73. The Morgan fingerprint density at radius 2 is 1.72 bits per heavy atom. The number of para-hydroxylation sites is 1. The van der Waals surface area contributed by atoms with Gasteiger partial charge in [0.15, 0.2) is 16.9 Å². The van der Waals surface area contributed by atoms with E-state index in [1.54, 1.807) is 0 Å². The van der Waals surface area contributed by atoms with E-state index in [0.717, 1.165) is 48.8 Å². The summed E-state index contributed by atoms with van der Waals surface area (Å²) in [6.07, 6.45) is -1.14. The van der Waals surface area contributed by atoms with Gasteiger partial charge in [0.05, 0.1) is 11.1 Å². The number of aromatic nitrogens is 2. The Balaban J connectivity index is 1.77. The number of unbranched alkanes of at least 4 members (excludes halogenated alkanes) is 2. The standard InChI is InChI=1S/C22H20F3N3O/c1-2-3-6-13-26-20-18-19(16-7-4-5-8-17(16)27-20)29-21(28-18)14-9-11-15(12-10-14)22(23,24)25/h4-5,7-12H,2-3,6,13H2,1H3,(H,26,27). The average molecular weight is 399 g/mol. The SMILES string of the molecule is CCCCCNc1nc2ccccc2c2oc(-c3ccc(C(F)(F)F)cc3)nc12. The minimum Gasteiger partial charge on any atom is -0.435 e. The Bertz CT molecular complexity index is 1130. The molecule has 4 rings (SSSR count). The summed E-state index contributed by atoms with van der Waals surface area (Å²) in [5, 5.41) is 4.14. The van der Waals surface area contributed by atoms with Gasteiger partial charge in [-0.25, -0.2) is 9.97 Å². The summed E-state index contributed by atoms with van der Waals surface area (Å²) in [5.74, 6) is 0.889. The van der Waals surface area contributed by atoms with E-state index in [2.05, 4.69) is 22.2 Å². The zero-order chi connectivity index (χ0) is 20.4. The molecule has 0 bridgehead atoms. The topological polar surface area (TPSA) is 51.0 Å². The first-order valence-electron chi connectivity index (χ1n) is 9.58. The molecular formula is C22H20F3N3O. The van der Waals surface area contributed by atoms with E-state index in [1.165, 1.54) is 12.1 Å². The number of pyridine rings is 1. The fourth-order valence-corrected chi connectivity index (χ4v) is 3.23. The second-order valence-corrected chi connectivity index (χ2v) is 6.88. The summed E-state index contributed by atoms with van der Waals surface area (Å²) in [4.78, 5) is 9.22. The quantitative estimate of drug-likeness (QED) is 0.368. The predicted octanol–water partition coefficient (Wildman–Crippen LogP) is 6.66. The van der Waals surface area contributed by atoms with E-state index in [9.17, 15) is 13.2 Å². The van der Waals surface area contributed by atoms with E-state index in [1.807, 2.05) is 24.3 Å². The van der Waals surface area contributed by atoms with Gasteiger partial charge in [-0.3, -0.25) is 0 Å². The van der Waals surface area contributed by atoms with Crippen LogP contribution in [0.15, 0.2) is 52.9 Å². The van der Waals surface area contributed by atoms with E-state index in [0.29, 0.717) is 22.5 Å². The number of alkyl halides is 3. The van der Waals surface area contributed by atoms with Crippen molar-refractivity contribution in [2.75, 3.05) is 11.9 Å². The number of hydrogen-bond acceptors (Lipinski definition) is 4. The highest BCUT2D eigenvalue weighted by atomic mass is 19.4. The fourth-order valence-electron chi connectivity index (χ4n) is 3.23. The molecular weight excluding hydrogens is 379 g/mol.